The molecule has 0 saturated carbocycles. The van der Waals surface area contributed by atoms with Crippen molar-refractivity contribution in [2.24, 2.45) is 5.92 Å². The zero-order valence-corrected chi connectivity index (χ0v) is 15.8. The lowest BCUT2D eigenvalue weighted by Crippen LogP contribution is -2.45. The lowest BCUT2D eigenvalue weighted by molar-refractivity contribution is -0.186. The molecule has 2 rings (SSSR count). The molecule has 0 radical (unpaired) electrons. The smallest absolute Gasteiger partial charge is 0.471 e. The predicted octanol–water partition coefficient (Wildman–Crippen LogP) is 3.24. The summed E-state index contributed by atoms with van der Waals surface area (Å²) in [6.45, 7) is 0.0692. The van der Waals surface area contributed by atoms with Crippen LogP contribution in [-0.2, 0) is 14.3 Å². The number of aromatic hydroxyl groups is 1. The van der Waals surface area contributed by atoms with Crippen molar-refractivity contribution in [3.05, 3.63) is 23.8 Å². The van der Waals surface area contributed by atoms with Gasteiger partial charge in [0, 0.05) is 13.1 Å². The Morgan fingerprint density at radius 3 is 2.43 bits per heavy atom. The van der Waals surface area contributed by atoms with Crippen molar-refractivity contribution in [2.75, 3.05) is 27.3 Å². The van der Waals surface area contributed by atoms with Crippen molar-refractivity contribution in [1.29, 1.82) is 0 Å². The number of hydrogen-bond donors (Lipinski definition) is 1. The molecular formula is C19H24F3NO5. The van der Waals surface area contributed by atoms with Gasteiger partial charge in [0.25, 0.3) is 0 Å². The maximum absolute atomic E-state index is 12.6. The van der Waals surface area contributed by atoms with E-state index in [9.17, 15) is 27.9 Å². The molecule has 28 heavy (non-hydrogen) atoms. The van der Waals surface area contributed by atoms with Gasteiger partial charge in [0.1, 0.15) is 0 Å². The Bertz CT molecular complexity index is 699. The monoisotopic (exact) mass is 403 g/mol. The van der Waals surface area contributed by atoms with Crippen molar-refractivity contribution in [2.45, 2.75) is 37.8 Å². The van der Waals surface area contributed by atoms with Crippen LogP contribution >= 0.6 is 0 Å². The highest BCUT2D eigenvalue weighted by molar-refractivity contribution is 5.81. The minimum absolute atomic E-state index is 0.0259. The number of carbonyl (C=O) groups is 2. The van der Waals surface area contributed by atoms with Crippen LogP contribution in [0.25, 0.3) is 0 Å². The van der Waals surface area contributed by atoms with Crippen LogP contribution in [0.2, 0.25) is 0 Å². The summed E-state index contributed by atoms with van der Waals surface area (Å²) in [6, 6.07) is 4.81. The van der Waals surface area contributed by atoms with Crippen LogP contribution in [0.15, 0.2) is 18.2 Å². The summed E-state index contributed by atoms with van der Waals surface area (Å²) >= 11 is 0. The van der Waals surface area contributed by atoms with Gasteiger partial charge in [-0.1, -0.05) is 6.07 Å². The number of piperidine rings is 1. The van der Waals surface area contributed by atoms with Crippen molar-refractivity contribution in [3.63, 3.8) is 0 Å². The van der Waals surface area contributed by atoms with E-state index in [1.165, 1.54) is 20.3 Å². The van der Waals surface area contributed by atoms with Crippen LogP contribution in [0.5, 0.6) is 11.5 Å². The first-order valence-corrected chi connectivity index (χ1v) is 8.95. The molecule has 1 aromatic rings. The van der Waals surface area contributed by atoms with Gasteiger partial charge >= 0.3 is 18.1 Å². The molecule has 1 aliphatic heterocycles. The van der Waals surface area contributed by atoms with E-state index in [4.69, 9.17) is 9.47 Å². The quantitative estimate of drug-likeness (QED) is 0.738. The van der Waals surface area contributed by atoms with Crippen LogP contribution in [0.4, 0.5) is 13.2 Å². The van der Waals surface area contributed by atoms with Crippen LogP contribution < -0.4 is 4.74 Å². The first-order valence-electron chi connectivity index (χ1n) is 8.95. The van der Waals surface area contributed by atoms with Crippen LogP contribution in [0, 0.1) is 5.92 Å². The number of halogens is 3. The molecule has 1 N–H and O–H groups in total. The fourth-order valence-corrected chi connectivity index (χ4v) is 3.52. The summed E-state index contributed by atoms with van der Waals surface area (Å²) in [5.41, 5.74) is 0.772. The number of hydrogen-bond acceptors (Lipinski definition) is 5. The molecule has 1 amide bonds. The van der Waals surface area contributed by atoms with Crippen LogP contribution in [-0.4, -0.2) is 55.4 Å². The first kappa shape index (κ1) is 21.8. The van der Waals surface area contributed by atoms with E-state index >= 15 is 0 Å². The highest BCUT2D eigenvalue weighted by Crippen LogP contribution is 2.37. The number of likely N-dealkylation sites (tertiary alicyclic amines) is 1. The molecule has 0 bridgehead atoms. The van der Waals surface area contributed by atoms with E-state index in [-0.39, 0.29) is 42.8 Å². The number of carbonyl (C=O) groups excluding carboxylic acids is 2. The van der Waals surface area contributed by atoms with Crippen LogP contribution in [0.1, 0.15) is 37.2 Å². The summed E-state index contributed by atoms with van der Waals surface area (Å²) in [4.78, 5) is 24.0. The maximum atomic E-state index is 12.6. The largest absolute Gasteiger partial charge is 0.504 e. The molecule has 6 nitrogen and oxygen atoms in total. The summed E-state index contributed by atoms with van der Waals surface area (Å²) in [7, 11) is 2.71. The molecule has 1 fully saturated rings. The van der Waals surface area contributed by atoms with Gasteiger partial charge in [0.2, 0.25) is 0 Å². The second-order valence-corrected chi connectivity index (χ2v) is 6.88. The Morgan fingerprint density at radius 2 is 1.89 bits per heavy atom. The molecule has 0 aliphatic carbocycles. The van der Waals surface area contributed by atoms with Gasteiger partial charge in [-0.25, -0.2) is 0 Å². The summed E-state index contributed by atoms with van der Waals surface area (Å²) in [5.74, 6) is -2.13. The number of esters is 1. The minimum atomic E-state index is -4.86. The Balaban J connectivity index is 2.08. The minimum Gasteiger partial charge on any atom is -0.504 e. The highest BCUT2D eigenvalue weighted by atomic mass is 19.4. The summed E-state index contributed by atoms with van der Waals surface area (Å²) in [6.07, 6.45) is -3.35. The standard InChI is InChI=1S/C19H24F3NO5/c1-27-16-10-13(3-4-15(16)24)14(11-17(25)28-2)9-12-5-7-23(8-6-12)18(26)19(20,21)22/h3-4,10,12,14,24H,5-9,11H2,1-2H3. The molecule has 1 unspecified atom stereocenters. The third-order valence-corrected chi connectivity index (χ3v) is 5.08. The van der Waals surface area contributed by atoms with Gasteiger partial charge in [0.15, 0.2) is 11.5 Å². The number of nitrogens with zero attached hydrogens (tertiary/aromatic N) is 1. The molecular weight excluding hydrogens is 379 g/mol. The predicted molar refractivity (Wildman–Crippen MR) is 94.0 cm³/mol. The van der Waals surface area contributed by atoms with E-state index in [0.29, 0.717) is 19.3 Å². The van der Waals surface area contributed by atoms with Crippen molar-refractivity contribution in [3.8, 4) is 11.5 Å². The van der Waals surface area contributed by atoms with Crippen molar-refractivity contribution < 1.29 is 37.3 Å². The number of alkyl halides is 3. The molecule has 1 aromatic carbocycles. The fourth-order valence-electron chi connectivity index (χ4n) is 3.52. The summed E-state index contributed by atoms with van der Waals surface area (Å²) in [5, 5.41) is 9.77. The Morgan fingerprint density at radius 1 is 1.25 bits per heavy atom. The lowest BCUT2D eigenvalue weighted by atomic mass is 9.82. The van der Waals surface area contributed by atoms with Gasteiger partial charge in [0.05, 0.1) is 20.6 Å². The Kier molecular flexibility index (Phi) is 7.15. The normalized spacial score (nSPS) is 16.5. The van der Waals surface area contributed by atoms with Gasteiger partial charge < -0.3 is 19.5 Å². The molecule has 0 spiro atoms. The number of amides is 1. The van der Waals surface area contributed by atoms with E-state index in [1.54, 1.807) is 12.1 Å². The van der Waals surface area contributed by atoms with E-state index in [2.05, 4.69) is 0 Å². The molecule has 9 heteroatoms. The van der Waals surface area contributed by atoms with Crippen molar-refractivity contribution >= 4 is 11.9 Å². The Hall–Kier alpha value is -2.45. The van der Waals surface area contributed by atoms with E-state index in [0.717, 1.165) is 10.5 Å². The van der Waals surface area contributed by atoms with E-state index in [1.807, 2.05) is 0 Å². The third kappa shape index (κ3) is 5.53. The number of rotatable bonds is 6. The molecule has 0 aromatic heterocycles. The molecule has 1 heterocycles. The number of phenolic OH excluding ortho intramolecular Hbond substituents is 1. The van der Waals surface area contributed by atoms with Crippen LogP contribution in [0.3, 0.4) is 0 Å². The first-order chi connectivity index (χ1) is 13.2. The molecule has 1 saturated heterocycles. The second-order valence-electron chi connectivity index (χ2n) is 6.88. The lowest BCUT2D eigenvalue weighted by Gasteiger charge is -2.34. The van der Waals surface area contributed by atoms with Gasteiger partial charge in [-0.2, -0.15) is 13.2 Å². The van der Waals surface area contributed by atoms with Gasteiger partial charge in [-0.3, -0.25) is 9.59 Å². The average Bonchev–Trinajstić information content (AvgIpc) is 2.67. The van der Waals surface area contributed by atoms with Crippen molar-refractivity contribution in [1.82, 2.24) is 4.90 Å². The Labute approximate surface area is 161 Å². The third-order valence-electron chi connectivity index (χ3n) is 5.08. The number of ether oxygens (including phenoxy) is 2. The maximum Gasteiger partial charge on any atom is 0.471 e. The zero-order chi connectivity index (χ0) is 20.9. The average molecular weight is 403 g/mol. The zero-order valence-electron chi connectivity index (χ0n) is 15.8. The molecule has 1 aliphatic rings. The topological polar surface area (TPSA) is 76.1 Å². The fraction of sp³-hybridized carbons (Fsp3) is 0.579. The highest BCUT2D eigenvalue weighted by Gasteiger charge is 2.43. The number of benzene rings is 1. The summed E-state index contributed by atoms with van der Waals surface area (Å²) < 4.78 is 47.6. The van der Waals surface area contributed by atoms with E-state index < -0.39 is 18.1 Å². The van der Waals surface area contributed by atoms with Gasteiger partial charge in [-0.05, 0) is 48.8 Å². The number of methoxy groups -OCH3 is 2. The number of phenols is 1. The molecule has 156 valence electrons. The SMILES string of the molecule is COC(=O)CC(CC1CCN(C(=O)C(F)(F)F)CC1)c1ccc(O)c(OC)c1. The van der Waals surface area contributed by atoms with Gasteiger partial charge in [-0.15, -0.1) is 0 Å². The second kappa shape index (κ2) is 9.16. The molecule has 1 atom stereocenters.